The standard InChI is InChI=1S/C32H62O4/c1-4-7-9-10-11-12-13-14-15-16-17-18-19-20-24-28-35-31(33)26-22-21-23-27-32(34)36-29-30(6-3)25-8-5-2/h30H,4-29H2,1-3H3. The number of ether oxygens (including phenoxy) is 2. The Kier molecular flexibility index (Phi) is 27.7. The van der Waals surface area contributed by atoms with Gasteiger partial charge in [0.05, 0.1) is 13.2 Å². The van der Waals surface area contributed by atoms with E-state index in [1.807, 2.05) is 0 Å². The van der Waals surface area contributed by atoms with Crippen molar-refractivity contribution in [3.8, 4) is 0 Å². The van der Waals surface area contributed by atoms with Crippen LogP contribution in [-0.4, -0.2) is 25.2 Å². The lowest BCUT2D eigenvalue weighted by Gasteiger charge is -2.14. The highest BCUT2D eigenvalue weighted by atomic mass is 16.5. The molecular weight excluding hydrogens is 448 g/mol. The Morgan fingerprint density at radius 3 is 1.39 bits per heavy atom. The summed E-state index contributed by atoms with van der Waals surface area (Å²) in [6.45, 7) is 7.74. The Balaban J connectivity index is 3.34. The van der Waals surface area contributed by atoms with Gasteiger partial charge in [0.1, 0.15) is 0 Å². The van der Waals surface area contributed by atoms with E-state index < -0.39 is 0 Å². The van der Waals surface area contributed by atoms with Crippen LogP contribution in [0.3, 0.4) is 0 Å². The molecule has 0 bridgehead atoms. The van der Waals surface area contributed by atoms with Crippen molar-refractivity contribution in [2.45, 2.75) is 175 Å². The molecule has 0 aliphatic carbocycles. The van der Waals surface area contributed by atoms with Crippen molar-refractivity contribution < 1.29 is 19.1 Å². The van der Waals surface area contributed by atoms with E-state index in [2.05, 4.69) is 20.8 Å². The van der Waals surface area contributed by atoms with Crippen molar-refractivity contribution in [1.82, 2.24) is 0 Å². The molecular formula is C32H62O4. The van der Waals surface area contributed by atoms with Crippen LogP contribution in [0.4, 0.5) is 0 Å². The number of esters is 2. The van der Waals surface area contributed by atoms with Gasteiger partial charge in [0.15, 0.2) is 0 Å². The summed E-state index contributed by atoms with van der Waals surface area (Å²) in [5, 5.41) is 0. The number of unbranched alkanes of at least 4 members (excludes halogenated alkanes) is 17. The van der Waals surface area contributed by atoms with Crippen LogP contribution in [-0.2, 0) is 19.1 Å². The summed E-state index contributed by atoms with van der Waals surface area (Å²) in [4.78, 5) is 23.8. The second-order valence-electron chi connectivity index (χ2n) is 10.8. The van der Waals surface area contributed by atoms with Crippen LogP contribution in [0.5, 0.6) is 0 Å². The van der Waals surface area contributed by atoms with Gasteiger partial charge in [-0.2, -0.15) is 0 Å². The molecule has 0 fully saturated rings. The van der Waals surface area contributed by atoms with Gasteiger partial charge in [-0.25, -0.2) is 0 Å². The van der Waals surface area contributed by atoms with Gasteiger partial charge < -0.3 is 9.47 Å². The minimum atomic E-state index is -0.0966. The molecule has 0 rings (SSSR count). The molecule has 4 nitrogen and oxygen atoms in total. The second-order valence-corrected chi connectivity index (χ2v) is 10.8. The monoisotopic (exact) mass is 510 g/mol. The fourth-order valence-electron chi connectivity index (χ4n) is 4.63. The fourth-order valence-corrected chi connectivity index (χ4v) is 4.63. The largest absolute Gasteiger partial charge is 0.466 e. The van der Waals surface area contributed by atoms with Crippen LogP contribution < -0.4 is 0 Å². The Morgan fingerprint density at radius 1 is 0.500 bits per heavy atom. The van der Waals surface area contributed by atoms with E-state index in [9.17, 15) is 9.59 Å². The molecule has 0 heterocycles. The molecule has 0 aliphatic heterocycles. The molecule has 1 atom stereocenters. The predicted molar refractivity (Wildman–Crippen MR) is 153 cm³/mol. The van der Waals surface area contributed by atoms with E-state index in [0.717, 1.165) is 44.9 Å². The van der Waals surface area contributed by atoms with E-state index in [0.29, 0.717) is 32.0 Å². The van der Waals surface area contributed by atoms with Crippen molar-refractivity contribution in [3.63, 3.8) is 0 Å². The van der Waals surface area contributed by atoms with Crippen LogP contribution in [0.25, 0.3) is 0 Å². The SMILES string of the molecule is CCCCCCCCCCCCCCCCCOC(=O)CCCCCC(=O)OCC(CC)CCCC. The lowest BCUT2D eigenvalue weighted by Crippen LogP contribution is -2.13. The first kappa shape index (κ1) is 34.9. The average Bonchev–Trinajstić information content (AvgIpc) is 2.88. The number of hydrogen-bond acceptors (Lipinski definition) is 4. The lowest BCUT2D eigenvalue weighted by atomic mass is 10.0. The highest BCUT2D eigenvalue weighted by Gasteiger charge is 2.10. The van der Waals surface area contributed by atoms with Crippen LogP contribution in [0, 0.1) is 5.92 Å². The molecule has 214 valence electrons. The molecule has 0 aromatic rings. The van der Waals surface area contributed by atoms with E-state index in [-0.39, 0.29) is 11.9 Å². The van der Waals surface area contributed by atoms with Gasteiger partial charge in [0, 0.05) is 12.8 Å². The number of rotatable bonds is 28. The lowest BCUT2D eigenvalue weighted by molar-refractivity contribution is -0.145. The predicted octanol–water partition coefficient (Wildman–Crippen LogP) is 10.1. The van der Waals surface area contributed by atoms with Crippen LogP contribution in [0.2, 0.25) is 0 Å². The first-order valence-corrected chi connectivity index (χ1v) is 15.9. The molecule has 0 aromatic heterocycles. The van der Waals surface area contributed by atoms with Gasteiger partial charge in [-0.3, -0.25) is 9.59 Å². The third-order valence-corrected chi connectivity index (χ3v) is 7.30. The summed E-state index contributed by atoms with van der Waals surface area (Å²) in [5.41, 5.74) is 0. The summed E-state index contributed by atoms with van der Waals surface area (Å²) in [6.07, 6.45) is 28.1. The summed E-state index contributed by atoms with van der Waals surface area (Å²) in [7, 11) is 0. The molecule has 0 aromatic carbocycles. The number of carbonyl (C=O) groups excluding carboxylic acids is 2. The van der Waals surface area contributed by atoms with Crippen LogP contribution in [0.1, 0.15) is 175 Å². The molecule has 4 heteroatoms. The van der Waals surface area contributed by atoms with E-state index in [1.165, 1.54) is 96.3 Å². The minimum Gasteiger partial charge on any atom is -0.466 e. The first-order chi connectivity index (χ1) is 17.6. The topological polar surface area (TPSA) is 52.6 Å². The Labute approximate surface area is 225 Å². The Morgan fingerprint density at radius 2 is 0.917 bits per heavy atom. The zero-order chi connectivity index (χ0) is 26.5. The molecule has 0 N–H and O–H groups in total. The van der Waals surface area contributed by atoms with Gasteiger partial charge in [0.25, 0.3) is 0 Å². The van der Waals surface area contributed by atoms with Gasteiger partial charge in [-0.15, -0.1) is 0 Å². The molecule has 0 saturated heterocycles. The summed E-state index contributed by atoms with van der Waals surface area (Å²) < 4.78 is 10.8. The zero-order valence-electron chi connectivity index (χ0n) is 24.6. The molecule has 1 unspecified atom stereocenters. The Bertz CT molecular complexity index is 477. The van der Waals surface area contributed by atoms with Crippen molar-refractivity contribution >= 4 is 11.9 Å². The second kappa shape index (κ2) is 28.5. The van der Waals surface area contributed by atoms with Crippen LogP contribution in [0.15, 0.2) is 0 Å². The normalized spacial score (nSPS) is 12.0. The van der Waals surface area contributed by atoms with Gasteiger partial charge >= 0.3 is 11.9 Å². The number of hydrogen-bond donors (Lipinski definition) is 0. The summed E-state index contributed by atoms with van der Waals surface area (Å²) in [6, 6.07) is 0. The van der Waals surface area contributed by atoms with Crippen molar-refractivity contribution in [2.75, 3.05) is 13.2 Å². The summed E-state index contributed by atoms with van der Waals surface area (Å²) in [5.74, 6) is 0.304. The zero-order valence-corrected chi connectivity index (χ0v) is 24.6. The van der Waals surface area contributed by atoms with Gasteiger partial charge in [-0.1, -0.05) is 136 Å². The maximum absolute atomic E-state index is 11.9. The van der Waals surface area contributed by atoms with Crippen molar-refractivity contribution in [2.24, 2.45) is 5.92 Å². The maximum atomic E-state index is 11.9. The highest BCUT2D eigenvalue weighted by molar-refractivity contribution is 5.69. The smallest absolute Gasteiger partial charge is 0.305 e. The van der Waals surface area contributed by atoms with Crippen molar-refractivity contribution in [3.05, 3.63) is 0 Å². The molecule has 0 amide bonds. The van der Waals surface area contributed by atoms with E-state index in [4.69, 9.17) is 9.47 Å². The maximum Gasteiger partial charge on any atom is 0.305 e. The number of carbonyl (C=O) groups is 2. The molecule has 0 saturated carbocycles. The molecule has 0 aliphatic rings. The third kappa shape index (κ3) is 26.0. The summed E-state index contributed by atoms with van der Waals surface area (Å²) >= 11 is 0. The molecule has 36 heavy (non-hydrogen) atoms. The quantitative estimate of drug-likeness (QED) is 0.0776. The van der Waals surface area contributed by atoms with E-state index >= 15 is 0 Å². The van der Waals surface area contributed by atoms with Crippen molar-refractivity contribution in [1.29, 1.82) is 0 Å². The minimum absolute atomic E-state index is 0.0929. The fraction of sp³-hybridized carbons (Fsp3) is 0.938. The van der Waals surface area contributed by atoms with Gasteiger partial charge in [0.2, 0.25) is 0 Å². The van der Waals surface area contributed by atoms with E-state index in [1.54, 1.807) is 0 Å². The Hall–Kier alpha value is -1.06. The first-order valence-electron chi connectivity index (χ1n) is 15.9. The van der Waals surface area contributed by atoms with Crippen LogP contribution >= 0.6 is 0 Å². The van der Waals surface area contributed by atoms with Gasteiger partial charge in [-0.05, 0) is 31.6 Å². The molecule has 0 radical (unpaired) electrons. The average molecular weight is 511 g/mol. The highest BCUT2D eigenvalue weighted by Crippen LogP contribution is 2.15. The molecule has 0 spiro atoms. The third-order valence-electron chi connectivity index (χ3n) is 7.30.